The maximum Gasteiger partial charge on any atom is 0.243 e. The molecule has 0 bridgehead atoms. The zero-order valence-electron chi connectivity index (χ0n) is 19.0. The molecule has 4 nitrogen and oxygen atoms in total. The molecule has 180 valence electrons. The second kappa shape index (κ2) is 10.4. The summed E-state index contributed by atoms with van der Waals surface area (Å²) in [6.07, 6.45) is 4.85. The van der Waals surface area contributed by atoms with Gasteiger partial charge in [-0.3, -0.25) is 9.80 Å². The summed E-state index contributed by atoms with van der Waals surface area (Å²) in [5.41, 5.74) is 8.47. The quantitative estimate of drug-likeness (QED) is 0.344. The molecule has 3 aromatic rings. The number of rotatable bonds is 5. The molecule has 1 unspecified atom stereocenters. The molecule has 1 amide bonds. The van der Waals surface area contributed by atoms with Gasteiger partial charge in [0, 0.05) is 9.90 Å². The first-order chi connectivity index (χ1) is 16.9. The van der Waals surface area contributed by atoms with Crippen LogP contribution in [0.25, 0.3) is 6.08 Å². The Labute approximate surface area is 224 Å². The number of benzene rings is 2. The van der Waals surface area contributed by atoms with Crippen molar-refractivity contribution in [1.82, 2.24) is 10.7 Å². The van der Waals surface area contributed by atoms with E-state index in [1.54, 1.807) is 12.1 Å². The van der Waals surface area contributed by atoms with Gasteiger partial charge in [-0.05, 0) is 79.3 Å². The molecule has 0 fully saturated rings. The minimum Gasteiger partial charge on any atom is -0.348 e. The predicted molar refractivity (Wildman–Crippen MR) is 147 cm³/mol. The van der Waals surface area contributed by atoms with Gasteiger partial charge in [-0.1, -0.05) is 65.1 Å². The van der Waals surface area contributed by atoms with Crippen molar-refractivity contribution in [2.24, 2.45) is 0 Å². The summed E-state index contributed by atoms with van der Waals surface area (Å²) in [5, 5.41) is 6.21. The molecule has 0 saturated heterocycles. The Morgan fingerprint density at radius 3 is 2.63 bits per heavy atom. The second-order valence-corrected chi connectivity index (χ2v) is 11.3. The topological polar surface area (TPSA) is 44.4 Å². The number of allylic oxidation sites excluding steroid dienone is 1. The molecule has 2 aromatic carbocycles. The molecule has 1 aliphatic carbocycles. The van der Waals surface area contributed by atoms with E-state index in [1.165, 1.54) is 11.3 Å². The van der Waals surface area contributed by atoms with Gasteiger partial charge in [0.25, 0.3) is 0 Å². The molecular weight excluding hydrogens is 521 g/mol. The summed E-state index contributed by atoms with van der Waals surface area (Å²) in [7, 11) is 0. The largest absolute Gasteiger partial charge is 0.348 e. The molecular formula is C27H24Cl3N3OS. The number of halogens is 3. The first-order valence-electron chi connectivity index (χ1n) is 11.5. The van der Waals surface area contributed by atoms with Crippen LogP contribution in [0.2, 0.25) is 14.4 Å². The standard InChI is InChI=1S/C27H24Cl3N3OS/c1-16(17-6-3-2-4-7-17)31-27(34)25-21-9-5-8-18(14-20-11-13-24(30)35-20)26(21)33(32-25)23-12-10-19(28)15-22(23)29/h2-4,6-7,10-16,25,32H,5,8-9H2,1H3,(H,31,34)/b18-14+/t16-,25?/m1/s1. The number of amides is 1. The van der Waals surface area contributed by atoms with Crippen molar-refractivity contribution in [1.29, 1.82) is 0 Å². The van der Waals surface area contributed by atoms with Gasteiger partial charge in [0.15, 0.2) is 0 Å². The molecule has 2 atom stereocenters. The van der Waals surface area contributed by atoms with Crippen molar-refractivity contribution < 1.29 is 4.79 Å². The van der Waals surface area contributed by atoms with E-state index in [9.17, 15) is 4.79 Å². The summed E-state index contributed by atoms with van der Waals surface area (Å²) in [6, 6.07) is 18.7. The van der Waals surface area contributed by atoms with Gasteiger partial charge in [0.05, 0.1) is 26.8 Å². The number of thiophene rings is 1. The normalized spacial score (nSPS) is 19.7. The van der Waals surface area contributed by atoms with Crippen molar-refractivity contribution in [2.75, 3.05) is 5.01 Å². The summed E-state index contributed by atoms with van der Waals surface area (Å²) in [5.74, 6) is -0.0677. The Bertz CT molecular complexity index is 1320. The van der Waals surface area contributed by atoms with Crippen LogP contribution in [0.4, 0.5) is 5.69 Å². The van der Waals surface area contributed by atoms with Crippen LogP contribution < -0.4 is 15.8 Å². The number of carbonyl (C=O) groups is 1. The Morgan fingerprint density at radius 2 is 1.91 bits per heavy atom. The lowest BCUT2D eigenvalue weighted by atomic mass is 9.88. The number of hydrogen-bond donors (Lipinski definition) is 2. The fourth-order valence-corrected chi connectivity index (χ4v) is 6.18. The maximum atomic E-state index is 13.5. The van der Waals surface area contributed by atoms with Gasteiger partial charge in [-0.25, -0.2) is 5.43 Å². The third-order valence-electron chi connectivity index (χ3n) is 6.31. The van der Waals surface area contributed by atoms with E-state index in [0.717, 1.165) is 56.6 Å². The molecule has 8 heteroatoms. The molecule has 35 heavy (non-hydrogen) atoms. The molecule has 1 aromatic heterocycles. The maximum absolute atomic E-state index is 13.5. The van der Waals surface area contributed by atoms with Crippen LogP contribution in [0.15, 0.2) is 77.5 Å². The highest BCUT2D eigenvalue weighted by Gasteiger charge is 2.40. The fourth-order valence-electron chi connectivity index (χ4n) is 4.66. The van der Waals surface area contributed by atoms with Crippen LogP contribution in [0.1, 0.15) is 42.7 Å². The third kappa shape index (κ3) is 5.16. The summed E-state index contributed by atoms with van der Waals surface area (Å²) >= 11 is 20.5. The number of hydrogen-bond acceptors (Lipinski definition) is 4. The zero-order chi connectivity index (χ0) is 24.5. The van der Waals surface area contributed by atoms with Crippen LogP contribution in [0, 0.1) is 0 Å². The van der Waals surface area contributed by atoms with Crippen molar-refractivity contribution in [2.45, 2.75) is 38.3 Å². The van der Waals surface area contributed by atoms with Crippen molar-refractivity contribution in [3.8, 4) is 0 Å². The van der Waals surface area contributed by atoms with E-state index < -0.39 is 6.04 Å². The van der Waals surface area contributed by atoms with Crippen LogP contribution in [0.5, 0.6) is 0 Å². The number of nitrogens with one attached hydrogen (secondary N) is 2. The summed E-state index contributed by atoms with van der Waals surface area (Å²) < 4.78 is 0.746. The lowest BCUT2D eigenvalue weighted by Crippen LogP contribution is -2.47. The molecule has 2 N–H and O–H groups in total. The second-order valence-electron chi connectivity index (χ2n) is 8.67. The first-order valence-corrected chi connectivity index (χ1v) is 13.4. The molecule has 0 saturated carbocycles. The highest BCUT2D eigenvalue weighted by molar-refractivity contribution is 7.17. The minimum absolute atomic E-state index is 0.0677. The highest BCUT2D eigenvalue weighted by atomic mass is 35.5. The van der Waals surface area contributed by atoms with Gasteiger partial charge in [0.1, 0.15) is 6.04 Å². The first kappa shape index (κ1) is 24.4. The van der Waals surface area contributed by atoms with Gasteiger partial charge >= 0.3 is 0 Å². The van der Waals surface area contributed by atoms with E-state index in [0.29, 0.717) is 10.0 Å². The van der Waals surface area contributed by atoms with Gasteiger partial charge in [-0.2, -0.15) is 0 Å². The smallest absolute Gasteiger partial charge is 0.243 e. The molecule has 0 radical (unpaired) electrons. The van der Waals surface area contributed by atoms with Crippen molar-refractivity contribution in [3.05, 3.63) is 102 Å². The summed E-state index contributed by atoms with van der Waals surface area (Å²) in [4.78, 5) is 14.6. The highest BCUT2D eigenvalue weighted by Crippen LogP contribution is 2.43. The summed E-state index contributed by atoms with van der Waals surface area (Å²) in [6.45, 7) is 2.00. The number of carbonyl (C=O) groups excluding carboxylic acids is 1. The lowest BCUT2D eigenvalue weighted by Gasteiger charge is -2.27. The van der Waals surface area contributed by atoms with Gasteiger partial charge in [-0.15, -0.1) is 11.3 Å². The minimum atomic E-state index is -0.501. The average Bonchev–Trinajstić information content (AvgIpc) is 3.43. The monoisotopic (exact) mass is 543 g/mol. The Kier molecular flexibility index (Phi) is 7.24. The van der Waals surface area contributed by atoms with Gasteiger partial charge in [0.2, 0.25) is 5.91 Å². The zero-order valence-corrected chi connectivity index (χ0v) is 22.1. The molecule has 2 aliphatic rings. The van der Waals surface area contributed by atoms with E-state index in [4.69, 9.17) is 34.8 Å². The molecule has 5 rings (SSSR count). The van der Waals surface area contributed by atoms with Crippen molar-refractivity contribution in [3.63, 3.8) is 0 Å². The molecule has 2 heterocycles. The lowest BCUT2D eigenvalue weighted by molar-refractivity contribution is -0.122. The van der Waals surface area contributed by atoms with Crippen LogP contribution >= 0.6 is 46.1 Å². The third-order valence-corrected chi connectivity index (χ3v) is 8.03. The number of anilines is 1. The van der Waals surface area contributed by atoms with E-state index in [2.05, 4.69) is 16.8 Å². The Hall–Kier alpha value is -2.28. The average molecular weight is 545 g/mol. The van der Waals surface area contributed by atoms with Gasteiger partial charge < -0.3 is 5.32 Å². The SMILES string of the molecule is C[C@@H](NC(=O)C1NN(c2ccc(Cl)cc2Cl)C2=C1CCC/C2=C\c1ccc(Cl)s1)c1ccccc1. The van der Waals surface area contributed by atoms with E-state index in [1.807, 2.05) is 60.5 Å². The number of hydrazine groups is 1. The molecule has 0 spiro atoms. The molecule has 1 aliphatic heterocycles. The fraction of sp³-hybridized carbons (Fsp3) is 0.222. The van der Waals surface area contributed by atoms with Crippen LogP contribution in [-0.4, -0.2) is 11.9 Å². The van der Waals surface area contributed by atoms with E-state index in [-0.39, 0.29) is 11.9 Å². The van der Waals surface area contributed by atoms with Crippen molar-refractivity contribution >= 4 is 63.8 Å². The number of nitrogens with zero attached hydrogens (tertiary/aromatic N) is 1. The van der Waals surface area contributed by atoms with Crippen LogP contribution in [0.3, 0.4) is 0 Å². The Morgan fingerprint density at radius 1 is 1.11 bits per heavy atom. The Balaban J connectivity index is 1.53. The predicted octanol–water partition coefficient (Wildman–Crippen LogP) is 7.80. The van der Waals surface area contributed by atoms with Crippen LogP contribution in [-0.2, 0) is 4.79 Å². The van der Waals surface area contributed by atoms with E-state index >= 15 is 0 Å².